The summed E-state index contributed by atoms with van der Waals surface area (Å²) < 4.78 is 0. The van der Waals surface area contributed by atoms with E-state index >= 15 is 0 Å². The molecule has 0 bridgehead atoms. The topological polar surface area (TPSA) is 78.4 Å². The number of benzene rings is 1. The second kappa shape index (κ2) is 7.78. The van der Waals surface area contributed by atoms with Crippen LogP contribution in [0.3, 0.4) is 0 Å². The molecular formula is C16H24N2O3. The number of rotatable bonds is 7. The van der Waals surface area contributed by atoms with Gasteiger partial charge in [-0.2, -0.15) is 0 Å². The molecule has 5 nitrogen and oxygen atoms in total. The van der Waals surface area contributed by atoms with Crippen LogP contribution >= 0.6 is 0 Å². The smallest absolute Gasteiger partial charge is 0.224 e. The van der Waals surface area contributed by atoms with E-state index in [1.165, 1.54) is 0 Å². The average Bonchev–Trinajstić information content (AvgIpc) is 2.40. The van der Waals surface area contributed by atoms with Gasteiger partial charge in [0.2, 0.25) is 11.8 Å². The molecule has 0 saturated heterocycles. The standard InChI is InChI=1S/C16H24N2O3/c1-4-5-14(20)17-13-8-6-12(7-9-13)10-15(21)18-16(2,3)11-19/h6-9,19H,4-5,10-11H2,1-3H3,(H,17,20)(H,18,21). The van der Waals surface area contributed by atoms with Gasteiger partial charge in [-0.05, 0) is 38.0 Å². The zero-order valence-corrected chi connectivity index (χ0v) is 12.9. The first-order valence-electron chi connectivity index (χ1n) is 7.17. The average molecular weight is 292 g/mol. The van der Waals surface area contributed by atoms with Crippen LogP contribution in [-0.4, -0.2) is 29.1 Å². The molecule has 0 fully saturated rings. The number of aliphatic hydroxyl groups is 1. The molecule has 0 radical (unpaired) electrons. The van der Waals surface area contributed by atoms with Crippen LogP contribution in [0.25, 0.3) is 0 Å². The van der Waals surface area contributed by atoms with Crippen LogP contribution in [0.15, 0.2) is 24.3 Å². The highest BCUT2D eigenvalue weighted by molar-refractivity contribution is 5.90. The number of hydrogen-bond donors (Lipinski definition) is 3. The van der Waals surface area contributed by atoms with E-state index in [1.54, 1.807) is 26.0 Å². The normalized spacial score (nSPS) is 11.0. The molecule has 0 spiro atoms. The monoisotopic (exact) mass is 292 g/mol. The van der Waals surface area contributed by atoms with Crippen LogP contribution < -0.4 is 10.6 Å². The summed E-state index contributed by atoms with van der Waals surface area (Å²) in [5.41, 5.74) is 0.966. The molecule has 0 heterocycles. The molecule has 0 aliphatic carbocycles. The third kappa shape index (κ3) is 6.40. The van der Waals surface area contributed by atoms with E-state index in [1.807, 2.05) is 19.1 Å². The van der Waals surface area contributed by atoms with Gasteiger partial charge < -0.3 is 15.7 Å². The summed E-state index contributed by atoms with van der Waals surface area (Å²) in [4.78, 5) is 23.3. The molecule has 0 atom stereocenters. The van der Waals surface area contributed by atoms with E-state index in [-0.39, 0.29) is 24.8 Å². The minimum absolute atomic E-state index is 0.00677. The third-order valence-electron chi connectivity index (χ3n) is 2.95. The second-order valence-electron chi connectivity index (χ2n) is 5.76. The van der Waals surface area contributed by atoms with Crippen LogP contribution in [-0.2, 0) is 16.0 Å². The summed E-state index contributed by atoms with van der Waals surface area (Å²) in [6, 6.07) is 7.20. The minimum Gasteiger partial charge on any atom is -0.394 e. The fourth-order valence-electron chi connectivity index (χ4n) is 1.80. The van der Waals surface area contributed by atoms with Crippen molar-refractivity contribution < 1.29 is 14.7 Å². The van der Waals surface area contributed by atoms with Crippen LogP contribution in [0.2, 0.25) is 0 Å². The maximum absolute atomic E-state index is 11.8. The van der Waals surface area contributed by atoms with Gasteiger partial charge in [-0.3, -0.25) is 9.59 Å². The molecule has 0 aliphatic rings. The van der Waals surface area contributed by atoms with Crippen molar-refractivity contribution >= 4 is 17.5 Å². The Morgan fingerprint density at radius 1 is 1.14 bits per heavy atom. The van der Waals surface area contributed by atoms with Crippen LogP contribution in [0, 0.1) is 0 Å². The molecule has 1 aromatic carbocycles. The first-order chi connectivity index (χ1) is 9.86. The van der Waals surface area contributed by atoms with Gasteiger partial charge in [-0.15, -0.1) is 0 Å². The number of hydrogen-bond acceptors (Lipinski definition) is 3. The highest BCUT2D eigenvalue weighted by Crippen LogP contribution is 2.11. The molecule has 116 valence electrons. The molecule has 1 rings (SSSR count). The summed E-state index contributed by atoms with van der Waals surface area (Å²) in [5, 5.41) is 14.7. The van der Waals surface area contributed by atoms with E-state index in [0.29, 0.717) is 6.42 Å². The number of anilines is 1. The number of carbonyl (C=O) groups is 2. The number of nitrogens with one attached hydrogen (secondary N) is 2. The molecule has 3 N–H and O–H groups in total. The number of aliphatic hydroxyl groups excluding tert-OH is 1. The summed E-state index contributed by atoms with van der Waals surface area (Å²) in [6.45, 7) is 5.37. The van der Waals surface area contributed by atoms with Crippen molar-refractivity contribution in [1.82, 2.24) is 5.32 Å². The highest BCUT2D eigenvalue weighted by atomic mass is 16.3. The van der Waals surface area contributed by atoms with Gasteiger partial charge in [-0.25, -0.2) is 0 Å². The summed E-state index contributed by atoms with van der Waals surface area (Å²) >= 11 is 0. The quantitative estimate of drug-likeness (QED) is 0.717. The van der Waals surface area contributed by atoms with Gasteiger partial charge in [0.25, 0.3) is 0 Å². The third-order valence-corrected chi connectivity index (χ3v) is 2.95. The van der Waals surface area contributed by atoms with Crippen molar-refractivity contribution in [2.24, 2.45) is 0 Å². The first-order valence-corrected chi connectivity index (χ1v) is 7.17. The molecule has 0 aromatic heterocycles. The van der Waals surface area contributed by atoms with Crippen molar-refractivity contribution in [1.29, 1.82) is 0 Å². The molecule has 1 aromatic rings. The van der Waals surface area contributed by atoms with Crippen molar-refractivity contribution in [3.63, 3.8) is 0 Å². The summed E-state index contributed by atoms with van der Waals surface area (Å²) in [6.07, 6.45) is 1.55. The maximum Gasteiger partial charge on any atom is 0.224 e. The lowest BCUT2D eigenvalue weighted by molar-refractivity contribution is -0.122. The Labute approximate surface area is 125 Å². The lowest BCUT2D eigenvalue weighted by Crippen LogP contribution is -2.46. The highest BCUT2D eigenvalue weighted by Gasteiger charge is 2.18. The SMILES string of the molecule is CCCC(=O)Nc1ccc(CC(=O)NC(C)(C)CO)cc1. The van der Waals surface area contributed by atoms with Gasteiger partial charge in [0.15, 0.2) is 0 Å². The maximum atomic E-state index is 11.8. The van der Waals surface area contributed by atoms with Gasteiger partial charge in [0, 0.05) is 12.1 Å². The van der Waals surface area contributed by atoms with Gasteiger partial charge in [0.05, 0.1) is 18.6 Å². The Morgan fingerprint density at radius 3 is 2.29 bits per heavy atom. The van der Waals surface area contributed by atoms with E-state index in [0.717, 1.165) is 17.7 Å². The van der Waals surface area contributed by atoms with Crippen molar-refractivity contribution in [3.8, 4) is 0 Å². The fourth-order valence-corrected chi connectivity index (χ4v) is 1.80. The number of carbonyl (C=O) groups excluding carboxylic acids is 2. The fraction of sp³-hybridized carbons (Fsp3) is 0.500. The zero-order valence-electron chi connectivity index (χ0n) is 12.9. The molecule has 0 saturated carbocycles. The zero-order chi connectivity index (χ0) is 15.9. The van der Waals surface area contributed by atoms with Crippen LogP contribution in [0.1, 0.15) is 39.2 Å². The predicted octanol–water partition coefficient (Wildman–Crippen LogP) is 1.85. The Hall–Kier alpha value is -1.88. The molecular weight excluding hydrogens is 268 g/mol. The van der Waals surface area contributed by atoms with Crippen molar-refractivity contribution in [3.05, 3.63) is 29.8 Å². The van der Waals surface area contributed by atoms with Gasteiger partial charge >= 0.3 is 0 Å². The lowest BCUT2D eigenvalue weighted by Gasteiger charge is -2.23. The van der Waals surface area contributed by atoms with Crippen LogP contribution in [0.5, 0.6) is 0 Å². The van der Waals surface area contributed by atoms with E-state index in [2.05, 4.69) is 10.6 Å². The summed E-state index contributed by atoms with van der Waals surface area (Å²) in [7, 11) is 0. The van der Waals surface area contributed by atoms with Crippen molar-refractivity contribution in [2.45, 2.75) is 45.6 Å². The Balaban J connectivity index is 2.55. The van der Waals surface area contributed by atoms with Gasteiger partial charge in [0.1, 0.15) is 0 Å². The van der Waals surface area contributed by atoms with Crippen molar-refractivity contribution in [2.75, 3.05) is 11.9 Å². The molecule has 0 aliphatic heterocycles. The molecule has 21 heavy (non-hydrogen) atoms. The van der Waals surface area contributed by atoms with Gasteiger partial charge in [-0.1, -0.05) is 19.1 Å². The lowest BCUT2D eigenvalue weighted by atomic mass is 10.1. The largest absolute Gasteiger partial charge is 0.394 e. The second-order valence-corrected chi connectivity index (χ2v) is 5.76. The first kappa shape index (κ1) is 17.2. The van der Waals surface area contributed by atoms with E-state index < -0.39 is 5.54 Å². The van der Waals surface area contributed by atoms with E-state index in [4.69, 9.17) is 5.11 Å². The number of amides is 2. The summed E-state index contributed by atoms with van der Waals surface area (Å²) in [5.74, 6) is -0.149. The molecule has 5 heteroatoms. The Morgan fingerprint density at radius 2 is 1.76 bits per heavy atom. The minimum atomic E-state index is -0.620. The molecule has 2 amide bonds. The Kier molecular flexibility index (Phi) is 6.37. The Bertz CT molecular complexity index is 481. The predicted molar refractivity (Wildman–Crippen MR) is 83.0 cm³/mol. The molecule has 0 unspecified atom stereocenters. The van der Waals surface area contributed by atoms with E-state index in [9.17, 15) is 9.59 Å². The van der Waals surface area contributed by atoms with Crippen LogP contribution in [0.4, 0.5) is 5.69 Å².